The lowest BCUT2D eigenvalue weighted by Crippen LogP contribution is -3.00. The van der Waals surface area contributed by atoms with Crippen LogP contribution in [0.15, 0.2) is 88.8 Å². The van der Waals surface area contributed by atoms with Gasteiger partial charge < -0.3 is 31.8 Å². The zero-order valence-corrected chi connectivity index (χ0v) is 29.7. The van der Waals surface area contributed by atoms with Gasteiger partial charge in [0.05, 0.1) is 37.1 Å². The molecule has 5 rings (SSSR count). The minimum Gasteiger partial charge on any atom is -1.00 e. The summed E-state index contributed by atoms with van der Waals surface area (Å²) in [5.74, 6) is 0. The zero-order valence-electron chi connectivity index (χ0n) is 26.5. The van der Waals surface area contributed by atoms with Crippen LogP contribution in [-0.4, -0.2) is 81.6 Å². The first kappa shape index (κ1) is 36.0. The molecule has 0 bridgehead atoms. The van der Waals surface area contributed by atoms with Gasteiger partial charge in [0.25, 0.3) is 0 Å². The third-order valence-corrected chi connectivity index (χ3v) is 9.66. The van der Waals surface area contributed by atoms with Gasteiger partial charge in [-0.05, 0) is 54.6 Å². The van der Waals surface area contributed by atoms with Crippen molar-refractivity contribution in [1.29, 1.82) is 0 Å². The van der Waals surface area contributed by atoms with Gasteiger partial charge in [-0.15, -0.1) is 11.3 Å². The molecule has 1 heterocycles. The van der Waals surface area contributed by atoms with Crippen LogP contribution in [0.4, 0.5) is 17.1 Å². The van der Waals surface area contributed by atoms with Crippen LogP contribution in [0.2, 0.25) is 0 Å². The van der Waals surface area contributed by atoms with E-state index in [1.54, 1.807) is 23.5 Å². The number of nitrogens with zero attached hydrogens (tertiary/aromatic N) is 6. The maximum absolute atomic E-state index is 12.3. The minimum atomic E-state index is -3.58. The molecule has 45 heavy (non-hydrogen) atoms. The Morgan fingerprint density at radius 2 is 1.49 bits per heavy atom. The number of aliphatic imine (C=N–C) groups is 1. The highest BCUT2D eigenvalue weighted by atomic mass is 35.5. The van der Waals surface area contributed by atoms with Crippen molar-refractivity contribution < 1.29 is 30.8 Å². The van der Waals surface area contributed by atoms with Crippen molar-refractivity contribution in [2.75, 3.05) is 66.2 Å². The predicted octanol–water partition coefficient (Wildman–Crippen LogP) is 0.479. The van der Waals surface area contributed by atoms with Crippen LogP contribution in [0.25, 0.3) is 20.8 Å². The summed E-state index contributed by atoms with van der Waals surface area (Å²) in [6.07, 6.45) is 7.51. The molecular weight excluding hydrogens is 648 g/mol. The molecule has 0 N–H and O–H groups in total. The summed E-state index contributed by atoms with van der Waals surface area (Å²) >= 11 is 6.62. The maximum Gasteiger partial charge on any atom is 0.201 e. The van der Waals surface area contributed by atoms with Crippen LogP contribution in [0.3, 0.4) is 0 Å². The molecule has 0 saturated heterocycles. The van der Waals surface area contributed by atoms with Crippen LogP contribution >= 0.6 is 11.3 Å². The second kappa shape index (κ2) is 15.2. The third-order valence-electron chi connectivity index (χ3n) is 6.81. The lowest BCUT2D eigenvalue weighted by Gasteiger charge is -2.18. The normalized spacial score (nSPS) is 13.4. The zero-order chi connectivity index (χ0) is 32.2. The van der Waals surface area contributed by atoms with Crippen LogP contribution in [0.1, 0.15) is 0 Å². The lowest BCUT2D eigenvalue weighted by molar-refractivity contribution is -0.633. The van der Waals surface area contributed by atoms with E-state index >= 15 is 0 Å². The number of halogens is 1. The van der Waals surface area contributed by atoms with Crippen molar-refractivity contribution in [3.63, 3.8) is 0 Å². The van der Waals surface area contributed by atoms with Crippen molar-refractivity contribution in [1.82, 2.24) is 9.56 Å². The monoisotopic (exact) mass is 684 g/mol. The number of fused-ring (bicyclic) bond motifs is 2. The molecule has 0 spiro atoms. The first-order valence-corrected chi connectivity index (χ1v) is 16.9. The van der Waals surface area contributed by atoms with Crippen molar-refractivity contribution >= 4 is 70.0 Å². The van der Waals surface area contributed by atoms with E-state index in [-0.39, 0.29) is 17.3 Å². The van der Waals surface area contributed by atoms with Crippen LogP contribution in [-0.2, 0) is 24.3 Å². The number of benzene rings is 3. The Morgan fingerprint density at radius 3 is 2.07 bits per heavy atom. The summed E-state index contributed by atoms with van der Waals surface area (Å²) in [4.78, 5) is 14.5. The highest BCUT2D eigenvalue weighted by molar-refractivity contribution is 8.30. The molecule has 0 aromatic heterocycles. The molecular formula is C32H37ClN6O3S3. The summed E-state index contributed by atoms with van der Waals surface area (Å²) in [5, 5.41) is 12.0. The summed E-state index contributed by atoms with van der Waals surface area (Å²) < 4.78 is 21.4. The Hall–Kier alpha value is -3.52. The standard InChI is InChI=1S/C16H19N3O3S2.C16H18N3S.ClH/c1-18(2)13-7-5-12(6-8-13)17-15-10-9-14(19(3)4)11-16(15)24(21,23)22-20;1-18(2)11-5-7-13-15(9-11)20-16-10-12(19(3)4)6-8-14(16)17-13;/h5-11H,1-4H3;5-10H,1-4H3;1H/q;+1;/p-1. The van der Waals surface area contributed by atoms with Crippen molar-refractivity contribution in [2.45, 2.75) is 4.90 Å². The Bertz CT molecular complexity index is 1950. The summed E-state index contributed by atoms with van der Waals surface area (Å²) in [7, 11) is 12.2. The molecule has 0 amide bonds. The number of hydrogen-bond donors (Lipinski definition) is 0. The van der Waals surface area contributed by atoms with E-state index in [4.69, 9.17) is 16.2 Å². The number of allylic oxidation sites excluding steroid dienone is 4. The average Bonchev–Trinajstić information content (AvgIpc) is 3.00. The second-order valence-electron chi connectivity index (χ2n) is 10.9. The van der Waals surface area contributed by atoms with E-state index in [1.807, 2.05) is 68.0 Å². The highest BCUT2D eigenvalue weighted by Crippen LogP contribution is 2.32. The van der Waals surface area contributed by atoms with Crippen molar-refractivity contribution in [2.24, 2.45) is 4.99 Å². The Balaban J connectivity index is 0.000000243. The largest absolute Gasteiger partial charge is 1.00 e. The lowest BCUT2D eigenvalue weighted by atomic mass is 10.1. The molecule has 3 aliphatic rings. The van der Waals surface area contributed by atoms with Gasteiger partial charge in [-0.25, -0.2) is 23.3 Å². The minimum absolute atomic E-state index is 0. The molecule has 1 unspecified atom stereocenters. The molecule has 2 aliphatic carbocycles. The quantitative estimate of drug-likeness (QED) is 0.0995. The fourth-order valence-electron chi connectivity index (χ4n) is 4.23. The molecule has 238 valence electrons. The van der Waals surface area contributed by atoms with Gasteiger partial charge in [-0.2, -0.15) is 0 Å². The molecule has 2 aromatic rings. The Kier molecular flexibility index (Phi) is 12.1. The van der Waals surface area contributed by atoms with E-state index in [9.17, 15) is 9.47 Å². The van der Waals surface area contributed by atoms with Gasteiger partial charge in [-0.3, -0.25) is 0 Å². The molecule has 13 heteroatoms. The first-order valence-electron chi connectivity index (χ1n) is 13.7. The van der Waals surface area contributed by atoms with Crippen LogP contribution in [0.5, 0.6) is 0 Å². The van der Waals surface area contributed by atoms with Gasteiger partial charge in [-0.1, -0.05) is 0 Å². The first-order chi connectivity index (χ1) is 20.8. The number of hydrogen-bond acceptors (Lipinski definition) is 9. The number of anilines is 2. The number of rotatable bonds is 5. The molecule has 0 saturated carbocycles. The third kappa shape index (κ3) is 8.81. The Morgan fingerprint density at radius 1 is 0.867 bits per heavy atom. The molecule has 2 aromatic carbocycles. The fourth-order valence-corrected chi connectivity index (χ4v) is 6.37. The second-order valence-corrected chi connectivity index (χ2v) is 14.8. The summed E-state index contributed by atoms with van der Waals surface area (Å²) in [5.41, 5.74) is 6.13. The number of aromatic nitrogens is 1. The van der Waals surface area contributed by atoms with E-state index in [1.165, 1.54) is 20.6 Å². The van der Waals surface area contributed by atoms with Crippen LogP contribution in [0, 0.1) is 0 Å². The van der Waals surface area contributed by atoms with E-state index < -0.39 is 8.77 Å². The van der Waals surface area contributed by atoms with Gasteiger partial charge in [0.1, 0.15) is 28.2 Å². The van der Waals surface area contributed by atoms with E-state index in [2.05, 4.69) is 83.4 Å². The van der Waals surface area contributed by atoms with Gasteiger partial charge in [0, 0.05) is 75.0 Å². The summed E-state index contributed by atoms with van der Waals surface area (Å²) in [6.45, 7) is 0. The Labute approximate surface area is 280 Å². The predicted molar refractivity (Wildman–Crippen MR) is 186 cm³/mol. The molecule has 0 fully saturated rings. The molecule has 1 aliphatic heterocycles. The molecule has 9 nitrogen and oxygen atoms in total. The molecule has 1 atom stereocenters. The fraction of sp³-hybridized carbons (Fsp3) is 0.250. The van der Waals surface area contributed by atoms with Gasteiger partial charge in [0.2, 0.25) is 5.36 Å². The van der Waals surface area contributed by atoms with Gasteiger partial charge in [0.15, 0.2) is 14.5 Å². The van der Waals surface area contributed by atoms with Crippen molar-refractivity contribution in [3.8, 4) is 10.6 Å². The van der Waals surface area contributed by atoms with E-state index in [0.717, 1.165) is 22.6 Å². The topological polar surface area (TPSA) is 87.1 Å². The van der Waals surface area contributed by atoms with Gasteiger partial charge >= 0.3 is 0 Å². The smallest absolute Gasteiger partial charge is 0.201 e. The van der Waals surface area contributed by atoms with Crippen LogP contribution < -0.4 is 37.4 Å². The highest BCUT2D eigenvalue weighted by Gasteiger charge is 2.16. The SMILES string of the molecule is CN(C)c1ccc(N=C2C=CC(=[N+](C)C)C=C2)c(S(=O)(=S)O[O-])c1.CN(C)c1ccc2nc3ccc(=[N+](C)C)cc-3sc2c1.[Cl-]. The average molecular weight is 685 g/mol. The molecule has 0 radical (unpaired) electrons. The van der Waals surface area contributed by atoms with E-state index in [0.29, 0.717) is 11.4 Å². The maximum atomic E-state index is 12.3. The van der Waals surface area contributed by atoms with Crippen molar-refractivity contribution in [3.05, 3.63) is 84.3 Å². The summed E-state index contributed by atoms with van der Waals surface area (Å²) in [6, 6.07) is 17.9.